The van der Waals surface area contributed by atoms with Gasteiger partial charge in [0.2, 0.25) is 5.91 Å². The van der Waals surface area contributed by atoms with Crippen LogP contribution in [-0.2, 0) is 41.7 Å². The van der Waals surface area contributed by atoms with Crippen LogP contribution in [0.3, 0.4) is 0 Å². The first kappa shape index (κ1) is 33.6. The molecule has 0 radical (unpaired) electrons. The van der Waals surface area contributed by atoms with Crippen molar-refractivity contribution in [1.29, 1.82) is 0 Å². The molecule has 3 rings (SSSR count). The summed E-state index contributed by atoms with van der Waals surface area (Å²) in [5.41, 5.74) is 1.03. The first-order valence-electron chi connectivity index (χ1n) is 14.9. The van der Waals surface area contributed by atoms with E-state index < -0.39 is 47.5 Å². The lowest BCUT2D eigenvalue weighted by molar-refractivity contribution is -0.135. The Morgan fingerprint density at radius 3 is 2.16 bits per heavy atom. The summed E-state index contributed by atoms with van der Waals surface area (Å²) in [5, 5.41) is 5.43. The first-order chi connectivity index (χ1) is 20.4. The van der Waals surface area contributed by atoms with Gasteiger partial charge in [-0.05, 0) is 64.5 Å². The van der Waals surface area contributed by atoms with Gasteiger partial charge in [0.25, 0.3) is 0 Å². The highest BCUT2D eigenvalue weighted by Crippen LogP contribution is 2.26. The summed E-state index contributed by atoms with van der Waals surface area (Å²) in [6, 6.07) is 16.5. The van der Waals surface area contributed by atoms with Gasteiger partial charge < -0.3 is 24.9 Å². The minimum Gasteiger partial charge on any atom is -0.445 e. The highest BCUT2D eigenvalue weighted by molar-refractivity contribution is 5.93. The number of nitrogens with one attached hydrogen (secondary N) is 2. The predicted molar refractivity (Wildman–Crippen MR) is 162 cm³/mol. The van der Waals surface area contributed by atoms with Crippen LogP contribution in [0.4, 0.5) is 4.79 Å². The number of carbonyl (C=O) groups excluding carboxylic acids is 5. The summed E-state index contributed by atoms with van der Waals surface area (Å²) in [6.07, 6.45) is 1.39. The smallest absolute Gasteiger partial charge is 0.408 e. The van der Waals surface area contributed by atoms with Gasteiger partial charge in [-0.3, -0.25) is 14.4 Å². The Morgan fingerprint density at radius 1 is 0.977 bits per heavy atom. The van der Waals surface area contributed by atoms with Gasteiger partial charge in [0, 0.05) is 24.7 Å². The van der Waals surface area contributed by atoms with Crippen LogP contribution in [0.5, 0.6) is 0 Å². The third kappa shape index (κ3) is 11.4. The number of ketones is 2. The van der Waals surface area contributed by atoms with Crippen molar-refractivity contribution in [2.75, 3.05) is 0 Å². The van der Waals surface area contributed by atoms with Gasteiger partial charge in [0.15, 0.2) is 5.78 Å². The van der Waals surface area contributed by atoms with Gasteiger partial charge in [-0.2, -0.15) is 0 Å². The summed E-state index contributed by atoms with van der Waals surface area (Å²) in [6.45, 7) is 7.26. The van der Waals surface area contributed by atoms with Gasteiger partial charge in [-0.1, -0.05) is 60.7 Å². The van der Waals surface area contributed by atoms with Crippen molar-refractivity contribution in [3.8, 4) is 0 Å². The molecule has 0 aliphatic heterocycles. The second kappa shape index (κ2) is 16.1. The van der Waals surface area contributed by atoms with Gasteiger partial charge in [-0.25, -0.2) is 4.79 Å². The monoisotopic (exact) mass is 592 g/mol. The maximum atomic E-state index is 13.8. The molecule has 2 aromatic rings. The highest BCUT2D eigenvalue weighted by Gasteiger charge is 2.35. The van der Waals surface area contributed by atoms with Crippen LogP contribution in [-0.4, -0.2) is 53.6 Å². The largest absolute Gasteiger partial charge is 0.445 e. The van der Waals surface area contributed by atoms with Crippen LogP contribution < -0.4 is 10.6 Å². The van der Waals surface area contributed by atoms with Crippen molar-refractivity contribution >= 4 is 29.9 Å². The summed E-state index contributed by atoms with van der Waals surface area (Å²) in [7, 11) is 0. The summed E-state index contributed by atoms with van der Waals surface area (Å²) < 4.78 is 11.4. The number of hydrogen-bond donors (Lipinski definition) is 2. The Balaban J connectivity index is 1.76. The van der Waals surface area contributed by atoms with Crippen molar-refractivity contribution < 1.29 is 33.4 Å². The number of ether oxygens (including phenoxy) is 2. The molecule has 0 heterocycles. The molecule has 2 aromatic carbocycles. The van der Waals surface area contributed by atoms with Gasteiger partial charge in [0.1, 0.15) is 24.7 Å². The minimum atomic E-state index is -1.09. The quantitative estimate of drug-likeness (QED) is 0.286. The molecule has 9 nitrogen and oxygen atoms in total. The molecule has 2 N–H and O–H groups in total. The SMILES string of the molecule is CC(OC(C)(C)C)[C@H](NC(=O)OCc1ccccc1)C(=O)C[C@@H](Cc1ccccc1)C(=O)N[C@H](C=O)C[C@@H]1CCCC1=O. The second-order valence-corrected chi connectivity index (χ2v) is 12.2. The zero-order chi connectivity index (χ0) is 31.4. The van der Waals surface area contributed by atoms with Crippen molar-refractivity contribution in [3.63, 3.8) is 0 Å². The Morgan fingerprint density at radius 2 is 1.60 bits per heavy atom. The van der Waals surface area contributed by atoms with Crippen molar-refractivity contribution in [2.24, 2.45) is 11.8 Å². The number of amides is 2. The Hall–Kier alpha value is -3.85. The topological polar surface area (TPSA) is 128 Å². The minimum absolute atomic E-state index is 0.0255. The number of hydrogen-bond acceptors (Lipinski definition) is 7. The molecule has 1 aliphatic carbocycles. The summed E-state index contributed by atoms with van der Waals surface area (Å²) >= 11 is 0. The highest BCUT2D eigenvalue weighted by atomic mass is 16.5. The van der Waals surface area contributed by atoms with Crippen LogP contribution >= 0.6 is 0 Å². The fraction of sp³-hybridized carbons (Fsp3) is 0.500. The van der Waals surface area contributed by atoms with Gasteiger partial charge in [0.05, 0.1) is 17.7 Å². The molecule has 9 heteroatoms. The summed E-state index contributed by atoms with van der Waals surface area (Å²) in [5.74, 6) is -1.84. The van der Waals surface area contributed by atoms with Crippen LogP contribution in [0.15, 0.2) is 60.7 Å². The van der Waals surface area contributed by atoms with Gasteiger partial charge >= 0.3 is 6.09 Å². The molecule has 0 bridgehead atoms. The first-order valence-corrected chi connectivity index (χ1v) is 14.9. The maximum Gasteiger partial charge on any atom is 0.408 e. The summed E-state index contributed by atoms with van der Waals surface area (Å²) in [4.78, 5) is 64.2. The molecular formula is C34H44N2O7. The molecule has 2 amide bonds. The average molecular weight is 593 g/mol. The van der Waals surface area contributed by atoms with E-state index >= 15 is 0 Å². The van der Waals surface area contributed by atoms with E-state index in [1.54, 1.807) is 6.92 Å². The fourth-order valence-corrected chi connectivity index (χ4v) is 5.40. The Bertz CT molecular complexity index is 1230. The van der Waals surface area contributed by atoms with Crippen LogP contribution in [0.2, 0.25) is 0 Å². The number of rotatable bonds is 15. The van der Waals surface area contributed by atoms with Crippen LogP contribution in [0.25, 0.3) is 0 Å². The Labute approximate surface area is 254 Å². The molecule has 0 spiro atoms. The number of Topliss-reactive ketones (excluding diaryl/α,β-unsaturated/α-hetero) is 2. The normalized spacial score (nSPS) is 17.8. The van der Waals surface area contributed by atoms with Crippen molar-refractivity contribution in [3.05, 3.63) is 71.8 Å². The van der Waals surface area contributed by atoms with E-state index in [0.717, 1.165) is 17.5 Å². The van der Waals surface area contributed by atoms with E-state index in [1.165, 1.54) is 0 Å². The number of alkyl carbamates (subject to hydrolysis) is 1. The lowest BCUT2D eigenvalue weighted by Gasteiger charge is -2.31. The number of carbonyl (C=O) groups is 5. The number of aldehydes is 1. The third-order valence-electron chi connectivity index (χ3n) is 7.45. The predicted octanol–water partition coefficient (Wildman–Crippen LogP) is 4.75. The average Bonchev–Trinajstić information content (AvgIpc) is 3.37. The third-order valence-corrected chi connectivity index (χ3v) is 7.45. The van der Waals surface area contributed by atoms with Crippen LogP contribution in [0, 0.1) is 11.8 Å². The molecule has 1 fully saturated rings. The molecular weight excluding hydrogens is 548 g/mol. The molecule has 0 aromatic heterocycles. The molecule has 1 saturated carbocycles. The zero-order valence-corrected chi connectivity index (χ0v) is 25.5. The molecule has 0 saturated heterocycles. The molecule has 1 unspecified atom stereocenters. The maximum absolute atomic E-state index is 13.8. The van der Waals surface area contributed by atoms with E-state index in [2.05, 4.69) is 10.6 Å². The van der Waals surface area contributed by atoms with E-state index in [9.17, 15) is 24.0 Å². The standard InChI is InChI=1S/C34H44N2O7/c1-23(43-34(2,3)4)31(36-33(41)42-22-25-14-9-6-10-15-25)30(39)20-27(18-24-12-7-5-8-13-24)32(40)35-28(21-37)19-26-16-11-17-29(26)38/h5-10,12-15,21,23,26-28,31H,11,16-20,22H2,1-4H3,(H,35,40)(H,36,41)/t23?,26-,27+,28-,31-/m0/s1. The van der Waals surface area contributed by atoms with Crippen LogP contribution in [0.1, 0.15) is 70.9 Å². The second-order valence-electron chi connectivity index (χ2n) is 12.2. The molecule has 5 atom stereocenters. The van der Waals surface area contributed by atoms with Crippen molar-refractivity contribution in [2.45, 2.75) is 96.6 Å². The fourth-order valence-electron chi connectivity index (χ4n) is 5.40. The molecule has 1 aliphatic rings. The van der Waals surface area contributed by atoms with E-state index in [0.29, 0.717) is 19.1 Å². The lowest BCUT2D eigenvalue weighted by Crippen LogP contribution is -2.51. The lowest BCUT2D eigenvalue weighted by atomic mass is 9.89. The molecule has 232 valence electrons. The van der Waals surface area contributed by atoms with E-state index in [4.69, 9.17) is 9.47 Å². The van der Waals surface area contributed by atoms with E-state index in [1.807, 2.05) is 81.4 Å². The van der Waals surface area contributed by atoms with Crippen molar-refractivity contribution in [1.82, 2.24) is 10.6 Å². The van der Waals surface area contributed by atoms with E-state index in [-0.39, 0.29) is 37.6 Å². The van der Waals surface area contributed by atoms with Gasteiger partial charge in [-0.15, -0.1) is 0 Å². The zero-order valence-electron chi connectivity index (χ0n) is 25.5. The Kier molecular flexibility index (Phi) is 12.6. The molecule has 43 heavy (non-hydrogen) atoms. The number of benzene rings is 2.